The summed E-state index contributed by atoms with van der Waals surface area (Å²) in [6.45, 7) is 0.572. The van der Waals surface area contributed by atoms with Gasteiger partial charge in [-0.25, -0.2) is 4.98 Å². The van der Waals surface area contributed by atoms with Gasteiger partial charge in [-0.15, -0.1) is 11.3 Å². The van der Waals surface area contributed by atoms with Crippen molar-refractivity contribution in [1.29, 1.82) is 0 Å². The van der Waals surface area contributed by atoms with E-state index in [9.17, 15) is 4.79 Å². The number of rotatable bonds is 5. The molecule has 3 rings (SSSR count). The van der Waals surface area contributed by atoms with Crippen LogP contribution in [0.3, 0.4) is 0 Å². The van der Waals surface area contributed by atoms with Crippen molar-refractivity contribution >= 4 is 39.6 Å². The van der Waals surface area contributed by atoms with E-state index in [1.807, 2.05) is 5.38 Å². The minimum absolute atomic E-state index is 0.143. The Hall–Kier alpha value is -1.67. The van der Waals surface area contributed by atoms with Crippen LogP contribution in [0, 0.1) is 0 Å². The van der Waals surface area contributed by atoms with Crippen LogP contribution < -0.4 is 16.4 Å². The third kappa shape index (κ3) is 2.85. The van der Waals surface area contributed by atoms with Crippen LogP contribution in [-0.2, 0) is 6.54 Å². The average molecular weight is 295 g/mol. The van der Waals surface area contributed by atoms with Gasteiger partial charge in [0.2, 0.25) is 0 Å². The maximum Gasteiger partial charge on any atom is 0.258 e. The number of carbonyl (C=O) groups excluding carboxylic acids is 1. The standard InChI is InChI=1S/C11H13N5OS2/c12-9-8(10(17)15-6-1-2-6)11(19-16-9)14-5-7-13-3-4-18-7/h3-4,6,14H,1-2,5H2,(H2,12,16)(H,15,17). The maximum absolute atomic E-state index is 12.1. The number of nitrogens with zero attached hydrogens (tertiary/aromatic N) is 2. The van der Waals surface area contributed by atoms with Crippen LogP contribution in [0.25, 0.3) is 0 Å². The normalized spacial score (nSPS) is 14.3. The number of nitrogens with one attached hydrogen (secondary N) is 2. The highest BCUT2D eigenvalue weighted by Crippen LogP contribution is 2.29. The molecule has 19 heavy (non-hydrogen) atoms. The first kappa shape index (κ1) is 12.4. The topological polar surface area (TPSA) is 92.9 Å². The minimum atomic E-state index is -0.143. The number of thiazole rings is 1. The number of nitrogen functional groups attached to an aromatic ring is 1. The van der Waals surface area contributed by atoms with Crippen LogP contribution in [0.15, 0.2) is 11.6 Å². The van der Waals surface area contributed by atoms with Gasteiger partial charge in [-0.05, 0) is 24.4 Å². The van der Waals surface area contributed by atoms with Crippen LogP contribution in [-0.4, -0.2) is 21.3 Å². The molecule has 2 aromatic rings. The Labute approximate surface area is 118 Å². The van der Waals surface area contributed by atoms with Crippen molar-refractivity contribution in [3.8, 4) is 0 Å². The molecule has 0 saturated heterocycles. The second-order valence-electron chi connectivity index (χ2n) is 4.30. The maximum atomic E-state index is 12.1. The van der Waals surface area contributed by atoms with Gasteiger partial charge in [0.05, 0.1) is 6.54 Å². The van der Waals surface area contributed by atoms with E-state index in [2.05, 4.69) is 20.0 Å². The quantitative estimate of drug-likeness (QED) is 0.780. The highest BCUT2D eigenvalue weighted by Gasteiger charge is 2.27. The zero-order valence-corrected chi connectivity index (χ0v) is 11.7. The van der Waals surface area contributed by atoms with Crippen molar-refractivity contribution in [1.82, 2.24) is 14.7 Å². The molecule has 2 aromatic heterocycles. The van der Waals surface area contributed by atoms with Gasteiger partial charge in [0, 0.05) is 17.6 Å². The fourth-order valence-corrected chi connectivity index (χ4v) is 2.89. The molecule has 100 valence electrons. The summed E-state index contributed by atoms with van der Waals surface area (Å²) < 4.78 is 4.04. The van der Waals surface area contributed by atoms with Crippen LogP contribution >= 0.6 is 22.9 Å². The van der Waals surface area contributed by atoms with E-state index in [4.69, 9.17) is 5.73 Å². The van der Waals surface area contributed by atoms with E-state index in [1.54, 1.807) is 17.5 Å². The van der Waals surface area contributed by atoms with Crippen LogP contribution in [0.1, 0.15) is 28.2 Å². The highest BCUT2D eigenvalue weighted by atomic mass is 32.1. The Kier molecular flexibility index (Phi) is 3.34. The second-order valence-corrected chi connectivity index (χ2v) is 6.05. The Morgan fingerprint density at radius 1 is 1.53 bits per heavy atom. The molecule has 1 aliphatic rings. The summed E-state index contributed by atoms with van der Waals surface area (Å²) in [6, 6.07) is 0.304. The first-order valence-electron chi connectivity index (χ1n) is 5.92. The lowest BCUT2D eigenvalue weighted by atomic mass is 10.3. The molecule has 1 amide bonds. The number of hydrogen-bond acceptors (Lipinski definition) is 7. The van der Waals surface area contributed by atoms with Crippen molar-refractivity contribution in [2.75, 3.05) is 11.1 Å². The van der Waals surface area contributed by atoms with Gasteiger partial charge >= 0.3 is 0 Å². The number of aromatic nitrogens is 2. The predicted octanol–water partition coefficient (Wildman–Crippen LogP) is 1.69. The summed E-state index contributed by atoms with van der Waals surface area (Å²) in [7, 11) is 0. The zero-order chi connectivity index (χ0) is 13.2. The molecule has 1 saturated carbocycles. The second kappa shape index (κ2) is 5.14. The van der Waals surface area contributed by atoms with E-state index in [0.29, 0.717) is 23.2 Å². The first-order chi connectivity index (χ1) is 9.24. The van der Waals surface area contributed by atoms with Crippen molar-refractivity contribution in [2.24, 2.45) is 0 Å². The molecule has 1 aliphatic carbocycles. The molecule has 0 radical (unpaired) electrons. The summed E-state index contributed by atoms with van der Waals surface area (Å²) >= 11 is 2.77. The lowest BCUT2D eigenvalue weighted by Gasteiger charge is -2.06. The number of nitrogens with two attached hydrogens (primary N) is 1. The number of hydrogen-bond donors (Lipinski definition) is 3. The molecule has 2 heterocycles. The van der Waals surface area contributed by atoms with Crippen LogP contribution in [0.4, 0.5) is 10.8 Å². The van der Waals surface area contributed by atoms with Gasteiger partial charge < -0.3 is 16.4 Å². The van der Waals surface area contributed by atoms with Gasteiger partial charge in [-0.1, -0.05) is 0 Å². The number of carbonyl (C=O) groups is 1. The van der Waals surface area contributed by atoms with Gasteiger partial charge in [0.25, 0.3) is 5.91 Å². The SMILES string of the molecule is Nc1nsc(NCc2nccs2)c1C(=O)NC1CC1. The zero-order valence-electron chi connectivity index (χ0n) is 10.0. The molecule has 4 N–H and O–H groups in total. The minimum Gasteiger partial charge on any atom is -0.382 e. The molecular weight excluding hydrogens is 282 g/mol. The highest BCUT2D eigenvalue weighted by molar-refractivity contribution is 7.11. The van der Waals surface area contributed by atoms with Crippen LogP contribution in [0.5, 0.6) is 0 Å². The lowest BCUT2D eigenvalue weighted by Crippen LogP contribution is -2.26. The first-order valence-corrected chi connectivity index (χ1v) is 7.57. The smallest absolute Gasteiger partial charge is 0.258 e. The summed E-state index contributed by atoms with van der Waals surface area (Å²) in [6.07, 6.45) is 3.85. The molecule has 0 bridgehead atoms. The van der Waals surface area contributed by atoms with E-state index in [1.165, 1.54) is 11.5 Å². The molecule has 0 spiro atoms. The lowest BCUT2D eigenvalue weighted by molar-refractivity contribution is 0.0953. The molecule has 0 atom stereocenters. The van der Waals surface area contributed by atoms with Crippen LogP contribution in [0.2, 0.25) is 0 Å². The summed E-state index contributed by atoms with van der Waals surface area (Å²) in [5, 5.41) is 9.67. The Morgan fingerprint density at radius 2 is 2.37 bits per heavy atom. The van der Waals surface area contributed by atoms with Gasteiger partial charge in [-0.2, -0.15) is 4.37 Å². The van der Waals surface area contributed by atoms with Crippen molar-refractivity contribution in [3.05, 3.63) is 22.1 Å². The monoisotopic (exact) mass is 295 g/mol. The Bertz CT molecular complexity index is 576. The predicted molar refractivity (Wildman–Crippen MR) is 76.5 cm³/mol. The fraction of sp³-hybridized carbons (Fsp3) is 0.364. The van der Waals surface area contributed by atoms with Crippen molar-refractivity contribution in [2.45, 2.75) is 25.4 Å². The molecule has 0 aliphatic heterocycles. The molecule has 1 fully saturated rings. The van der Waals surface area contributed by atoms with Gasteiger partial charge in [-0.3, -0.25) is 4.79 Å². The number of anilines is 2. The Morgan fingerprint density at radius 3 is 3.05 bits per heavy atom. The van der Waals surface area contributed by atoms with Crippen molar-refractivity contribution < 1.29 is 4.79 Å². The van der Waals surface area contributed by atoms with E-state index >= 15 is 0 Å². The molecule has 6 nitrogen and oxygen atoms in total. The third-order valence-electron chi connectivity index (χ3n) is 2.74. The van der Waals surface area contributed by atoms with Crippen molar-refractivity contribution in [3.63, 3.8) is 0 Å². The van der Waals surface area contributed by atoms with E-state index in [0.717, 1.165) is 17.8 Å². The third-order valence-corrected chi connectivity index (χ3v) is 4.34. The van der Waals surface area contributed by atoms with E-state index in [-0.39, 0.29) is 11.7 Å². The van der Waals surface area contributed by atoms with E-state index < -0.39 is 0 Å². The fourth-order valence-electron chi connectivity index (χ4n) is 1.62. The molecule has 0 unspecified atom stereocenters. The summed E-state index contributed by atoms with van der Waals surface area (Å²) in [5.74, 6) is 0.139. The largest absolute Gasteiger partial charge is 0.382 e. The molecular formula is C11H13N5OS2. The van der Waals surface area contributed by atoms with Gasteiger partial charge in [0.15, 0.2) is 5.82 Å². The summed E-state index contributed by atoms with van der Waals surface area (Å²) in [5.41, 5.74) is 6.23. The number of amides is 1. The van der Waals surface area contributed by atoms with Gasteiger partial charge in [0.1, 0.15) is 15.6 Å². The molecule has 0 aromatic carbocycles. The summed E-state index contributed by atoms with van der Waals surface area (Å²) in [4.78, 5) is 16.3. The molecule has 8 heteroatoms. The average Bonchev–Trinajstić information content (AvgIpc) is 2.92. The Balaban J connectivity index is 1.71.